The van der Waals surface area contributed by atoms with Crippen molar-refractivity contribution >= 4 is 11.0 Å². The topological polar surface area (TPSA) is 24.3 Å². The van der Waals surface area contributed by atoms with E-state index >= 15 is 0 Å². The summed E-state index contributed by atoms with van der Waals surface area (Å²) in [5, 5.41) is 0. The number of nitrogens with zero attached hydrogens (tertiary/aromatic N) is 4. The molecule has 4 heteroatoms. The summed E-state index contributed by atoms with van der Waals surface area (Å²) in [5.41, 5.74) is 2.93. The van der Waals surface area contributed by atoms with E-state index < -0.39 is 0 Å². The summed E-state index contributed by atoms with van der Waals surface area (Å²) in [6, 6.07) is 9.24. The Labute approximate surface area is 125 Å². The molecule has 0 amide bonds. The number of aryl methyl sites for hydroxylation is 1. The average Bonchev–Trinajstić information content (AvgIpc) is 2.73. The minimum Gasteiger partial charge on any atom is -0.330 e. The number of fused-ring (bicyclic) bond motifs is 1. The third-order valence-electron chi connectivity index (χ3n) is 6.24. The number of aromatic nitrogens is 2. The van der Waals surface area contributed by atoms with Gasteiger partial charge in [-0.2, -0.15) is 0 Å². The Morgan fingerprint density at radius 1 is 1.19 bits per heavy atom. The van der Waals surface area contributed by atoms with Gasteiger partial charge in [0.1, 0.15) is 5.82 Å². The van der Waals surface area contributed by atoms with Crippen LogP contribution in [0.25, 0.3) is 11.0 Å². The summed E-state index contributed by atoms with van der Waals surface area (Å²) >= 11 is 0. The van der Waals surface area contributed by atoms with Crippen molar-refractivity contribution in [2.45, 2.75) is 37.4 Å². The summed E-state index contributed by atoms with van der Waals surface area (Å²) in [5.74, 6) is 1.21. The fraction of sp³-hybridized carbons (Fsp3) is 0.588. The zero-order chi connectivity index (χ0) is 14.0. The van der Waals surface area contributed by atoms with Gasteiger partial charge in [-0.3, -0.25) is 9.80 Å². The van der Waals surface area contributed by atoms with E-state index in [2.05, 4.69) is 45.7 Å². The lowest BCUT2D eigenvalue weighted by molar-refractivity contribution is -0.176. The van der Waals surface area contributed by atoms with Gasteiger partial charge in [0.2, 0.25) is 0 Å². The van der Waals surface area contributed by atoms with E-state index in [0.29, 0.717) is 5.54 Å². The standard InChI is InChI=1S/C17H22N4/c1-19-14-5-3-2-4-13(14)18-16(19)12-20-10-11-21-9-8-17(21)7-6-15(17)20/h2-5,15H,6-12H2,1H3. The molecule has 2 atom stereocenters. The van der Waals surface area contributed by atoms with Crippen LogP contribution in [0.1, 0.15) is 25.1 Å². The SMILES string of the molecule is Cn1c(CN2CCN3CCC34CCC24)nc2ccccc21. The molecule has 3 aliphatic rings. The van der Waals surface area contributed by atoms with E-state index in [4.69, 9.17) is 4.98 Å². The molecule has 0 bridgehead atoms. The van der Waals surface area contributed by atoms with Crippen molar-refractivity contribution in [1.29, 1.82) is 0 Å². The van der Waals surface area contributed by atoms with E-state index in [1.54, 1.807) is 0 Å². The molecule has 2 saturated heterocycles. The van der Waals surface area contributed by atoms with Gasteiger partial charge in [-0.25, -0.2) is 4.98 Å². The number of imidazole rings is 1. The zero-order valence-electron chi connectivity index (χ0n) is 12.6. The van der Waals surface area contributed by atoms with Gasteiger partial charge in [0.05, 0.1) is 17.6 Å². The third kappa shape index (κ3) is 1.49. The summed E-state index contributed by atoms with van der Waals surface area (Å²) < 4.78 is 2.27. The highest BCUT2D eigenvalue weighted by atomic mass is 15.4. The Kier molecular flexibility index (Phi) is 2.37. The quantitative estimate of drug-likeness (QED) is 0.842. The molecule has 1 spiro atoms. The highest BCUT2D eigenvalue weighted by Crippen LogP contribution is 2.51. The first-order valence-electron chi connectivity index (χ1n) is 8.17. The lowest BCUT2D eigenvalue weighted by atomic mass is 9.61. The van der Waals surface area contributed by atoms with Crippen LogP contribution < -0.4 is 0 Å². The van der Waals surface area contributed by atoms with Crippen molar-refractivity contribution in [2.75, 3.05) is 19.6 Å². The molecule has 2 unspecified atom stereocenters. The largest absolute Gasteiger partial charge is 0.330 e. The molecule has 1 aliphatic carbocycles. The van der Waals surface area contributed by atoms with Crippen molar-refractivity contribution in [3.05, 3.63) is 30.1 Å². The molecule has 2 aromatic rings. The van der Waals surface area contributed by atoms with E-state index in [9.17, 15) is 0 Å². The molecule has 0 N–H and O–H groups in total. The normalized spacial score (nSPS) is 32.3. The van der Waals surface area contributed by atoms with Gasteiger partial charge in [-0.15, -0.1) is 0 Å². The smallest absolute Gasteiger partial charge is 0.123 e. The van der Waals surface area contributed by atoms with Gasteiger partial charge in [0, 0.05) is 38.3 Å². The molecular formula is C17H22N4. The van der Waals surface area contributed by atoms with Gasteiger partial charge in [0.15, 0.2) is 0 Å². The Balaban J connectivity index is 1.45. The second-order valence-corrected chi connectivity index (χ2v) is 6.94. The van der Waals surface area contributed by atoms with Crippen LogP contribution >= 0.6 is 0 Å². The fourth-order valence-electron chi connectivity index (χ4n) is 4.79. The molecule has 3 heterocycles. The number of benzene rings is 1. The van der Waals surface area contributed by atoms with Crippen LogP contribution in [0.5, 0.6) is 0 Å². The lowest BCUT2D eigenvalue weighted by Gasteiger charge is -2.69. The molecule has 1 aromatic carbocycles. The maximum absolute atomic E-state index is 4.86. The number of para-hydroxylation sites is 2. The van der Waals surface area contributed by atoms with Crippen molar-refractivity contribution < 1.29 is 0 Å². The predicted octanol–water partition coefficient (Wildman–Crippen LogP) is 2.00. The first kappa shape index (κ1) is 12.2. The Hall–Kier alpha value is -1.39. The predicted molar refractivity (Wildman–Crippen MR) is 83.1 cm³/mol. The Morgan fingerprint density at radius 2 is 2.10 bits per heavy atom. The van der Waals surface area contributed by atoms with Crippen LogP contribution in [0, 0.1) is 0 Å². The van der Waals surface area contributed by atoms with E-state index in [-0.39, 0.29) is 0 Å². The monoisotopic (exact) mass is 282 g/mol. The Bertz CT molecular complexity index is 702. The van der Waals surface area contributed by atoms with Crippen LogP contribution in [-0.4, -0.2) is 50.6 Å². The molecule has 21 heavy (non-hydrogen) atoms. The molecule has 1 saturated carbocycles. The maximum Gasteiger partial charge on any atom is 0.123 e. The van der Waals surface area contributed by atoms with E-state index in [0.717, 1.165) is 18.1 Å². The van der Waals surface area contributed by atoms with E-state index in [1.807, 2.05) is 0 Å². The molecule has 110 valence electrons. The number of rotatable bonds is 2. The highest BCUT2D eigenvalue weighted by Gasteiger charge is 2.59. The number of hydrogen-bond acceptors (Lipinski definition) is 3. The number of hydrogen-bond donors (Lipinski definition) is 0. The van der Waals surface area contributed by atoms with E-state index in [1.165, 1.54) is 50.2 Å². The Morgan fingerprint density at radius 3 is 2.81 bits per heavy atom. The van der Waals surface area contributed by atoms with Crippen molar-refractivity contribution in [1.82, 2.24) is 19.4 Å². The number of piperazine rings is 1. The molecule has 2 aliphatic heterocycles. The summed E-state index contributed by atoms with van der Waals surface area (Å²) in [6.07, 6.45) is 4.20. The minimum atomic E-state index is 0.558. The van der Waals surface area contributed by atoms with Gasteiger partial charge in [0.25, 0.3) is 0 Å². The summed E-state index contributed by atoms with van der Waals surface area (Å²) in [6.45, 7) is 4.79. The van der Waals surface area contributed by atoms with Gasteiger partial charge in [-0.1, -0.05) is 12.1 Å². The maximum atomic E-state index is 4.86. The van der Waals surface area contributed by atoms with Crippen molar-refractivity contribution in [3.63, 3.8) is 0 Å². The highest BCUT2D eigenvalue weighted by molar-refractivity contribution is 5.75. The fourth-order valence-corrected chi connectivity index (χ4v) is 4.79. The summed E-state index contributed by atoms with van der Waals surface area (Å²) in [4.78, 5) is 10.3. The molecular weight excluding hydrogens is 260 g/mol. The van der Waals surface area contributed by atoms with Gasteiger partial charge in [-0.05, 0) is 31.4 Å². The molecule has 5 rings (SSSR count). The van der Waals surface area contributed by atoms with Crippen LogP contribution in [0.4, 0.5) is 0 Å². The van der Waals surface area contributed by atoms with Crippen LogP contribution in [0.2, 0.25) is 0 Å². The molecule has 4 nitrogen and oxygen atoms in total. The zero-order valence-corrected chi connectivity index (χ0v) is 12.6. The van der Waals surface area contributed by atoms with Crippen LogP contribution in [0.15, 0.2) is 24.3 Å². The first-order valence-corrected chi connectivity index (χ1v) is 8.17. The lowest BCUT2D eigenvalue weighted by Crippen LogP contribution is -2.79. The second-order valence-electron chi connectivity index (χ2n) is 6.94. The third-order valence-corrected chi connectivity index (χ3v) is 6.24. The van der Waals surface area contributed by atoms with Crippen LogP contribution in [0.3, 0.4) is 0 Å². The molecule has 3 fully saturated rings. The first-order chi connectivity index (χ1) is 10.3. The van der Waals surface area contributed by atoms with Crippen molar-refractivity contribution in [3.8, 4) is 0 Å². The molecule has 1 aromatic heterocycles. The summed E-state index contributed by atoms with van der Waals surface area (Å²) in [7, 11) is 2.15. The second kappa shape index (κ2) is 4.08. The van der Waals surface area contributed by atoms with Gasteiger partial charge >= 0.3 is 0 Å². The molecule has 0 radical (unpaired) electrons. The minimum absolute atomic E-state index is 0.558. The van der Waals surface area contributed by atoms with Crippen LogP contribution in [-0.2, 0) is 13.6 Å². The van der Waals surface area contributed by atoms with Crippen molar-refractivity contribution in [2.24, 2.45) is 7.05 Å². The van der Waals surface area contributed by atoms with Gasteiger partial charge < -0.3 is 4.57 Å². The average molecular weight is 282 g/mol.